The standard InChI is InChI=1S/C18H22F3NO4/c1-4-26-13-10-17(15(24)25,16(13,2)3)22-14(23)9-11-5-7-12(8-6-11)18(19,20)21/h5-8,13H,4,9-10H2,1-3H3,(H,22,23)(H,24,25)/t13-,17-/m1/s1. The molecule has 8 heteroatoms. The number of benzene rings is 1. The van der Waals surface area contributed by atoms with Crippen LogP contribution in [-0.4, -0.2) is 35.2 Å². The predicted octanol–water partition coefficient (Wildman–Crippen LogP) is 3.02. The molecule has 2 N–H and O–H groups in total. The Morgan fingerprint density at radius 3 is 2.27 bits per heavy atom. The van der Waals surface area contributed by atoms with Gasteiger partial charge in [-0.05, 0) is 24.6 Å². The van der Waals surface area contributed by atoms with Crippen LogP contribution < -0.4 is 5.32 Å². The van der Waals surface area contributed by atoms with Crippen LogP contribution in [0.2, 0.25) is 0 Å². The molecule has 0 bridgehead atoms. The maximum atomic E-state index is 12.6. The zero-order valence-corrected chi connectivity index (χ0v) is 14.8. The monoisotopic (exact) mass is 373 g/mol. The molecule has 0 spiro atoms. The van der Waals surface area contributed by atoms with Gasteiger partial charge < -0.3 is 15.2 Å². The molecule has 0 aliphatic heterocycles. The van der Waals surface area contributed by atoms with Crippen LogP contribution in [0.5, 0.6) is 0 Å². The molecule has 5 nitrogen and oxygen atoms in total. The third kappa shape index (κ3) is 3.56. The molecule has 144 valence electrons. The molecule has 0 unspecified atom stereocenters. The summed E-state index contributed by atoms with van der Waals surface area (Å²) in [5.41, 5.74) is -2.71. The van der Waals surface area contributed by atoms with Crippen molar-refractivity contribution < 1.29 is 32.6 Å². The fourth-order valence-electron chi connectivity index (χ4n) is 3.32. The number of alkyl halides is 3. The number of nitrogens with one attached hydrogen (secondary N) is 1. The first-order chi connectivity index (χ1) is 11.9. The Labute approximate surface area is 149 Å². The number of ether oxygens (including phenoxy) is 1. The minimum absolute atomic E-state index is 0.141. The van der Waals surface area contributed by atoms with Gasteiger partial charge >= 0.3 is 12.1 Å². The van der Waals surface area contributed by atoms with Gasteiger partial charge in [0.1, 0.15) is 5.54 Å². The summed E-state index contributed by atoms with van der Waals surface area (Å²) in [4.78, 5) is 24.1. The molecule has 1 fully saturated rings. The first-order valence-corrected chi connectivity index (χ1v) is 8.26. The fraction of sp³-hybridized carbons (Fsp3) is 0.556. The minimum atomic E-state index is -4.45. The lowest BCUT2D eigenvalue weighted by Crippen LogP contribution is -2.76. The van der Waals surface area contributed by atoms with Gasteiger partial charge in [0, 0.05) is 18.4 Å². The van der Waals surface area contributed by atoms with Crippen molar-refractivity contribution in [3.8, 4) is 0 Å². The number of carbonyl (C=O) groups is 2. The van der Waals surface area contributed by atoms with Crippen LogP contribution in [0, 0.1) is 5.41 Å². The normalized spacial score (nSPS) is 24.6. The van der Waals surface area contributed by atoms with E-state index in [0.29, 0.717) is 12.2 Å². The first kappa shape index (κ1) is 20.2. The van der Waals surface area contributed by atoms with Crippen molar-refractivity contribution in [3.63, 3.8) is 0 Å². The highest BCUT2D eigenvalue weighted by molar-refractivity contribution is 5.90. The Hall–Kier alpha value is -2.09. The van der Waals surface area contributed by atoms with Crippen molar-refractivity contribution in [2.24, 2.45) is 5.41 Å². The highest BCUT2D eigenvalue weighted by Crippen LogP contribution is 2.51. The van der Waals surface area contributed by atoms with Crippen molar-refractivity contribution in [3.05, 3.63) is 35.4 Å². The Morgan fingerprint density at radius 1 is 1.27 bits per heavy atom. The predicted molar refractivity (Wildman–Crippen MR) is 87.5 cm³/mol. The van der Waals surface area contributed by atoms with Crippen LogP contribution in [-0.2, 0) is 26.9 Å². The molecule has 1 saturated carbocycles. The van der Waals surface area contributed by atoms with Crippen LogP contribution in [0.15, 0.2) is 24.3 Å². The van der Waals surface area contributed by atoms with Gasteiger partial charge in [0.15, 0.2) is 0 Å². The van der Waals surface area contributed by atoms with Crippen molar-refractivity contribution in [2.75, 3.05) is 6.61 Å². The molecule has 1 aromatic rings. The van der Waals surface area contributed by atoms with E-state index in [1.165, 1.54) is 12.1 Å². The van der Waals surface area contributed by atoms with E-state index < -0.39 is 34.6 Å². The zero-order valence-electron chi connectivity index (χ0n) is 14.8. The smallest absolute Gasteiger partial charge is 0.416 e. The van der Waals surface area contributed by atoms with Gasteiger partial charge in [0.25, 0.3) is 0 Å². The number of aliphatic carboxylic acids is 1. The summed E-state index contributed by atoms with van der Waals surface area (Å²) in [5.74, 6) is -1.71. The van der Waals surface area contributed by atoms with Gasteiger partial charge in [-0.25, -0.2) is 4.79 Å². The second-order valence-electron chi connectivity index (χ2n) is 7.00. The lowest BCUT2D eigenvalue weighted by Gasteiger charge is -2.58. The molecule has 1 aliphatic carbocycles. The summed E-state index contributed by atoms with van der Waals surface area (Å²) in [7, 11) is 0. The van der Waals surface area contributed by atoms with Gasteiger partial charge in [0.05, 0.1) is 18.1 Å². The SMILES string of the molecule is CCO[C@@H]1C[C@@](NC(=O)Cc2ccc(C(F)(F)F)cc2)(C(=O)O)C1(C)C. The van der Waals surface area contributed by atoms with E-state index in [1.54, 1.807) is 20.8 Å². The molecule has 1 aromatic carbocycles. The van der Waals surface area contributed by atoms with Crippen molar-refractivity contribution in [2.45, 2.75) is 51.4 Å². The highest BCUT2D eigenvalue weighted by atomic mass is 19.4. The Balaban J connectivity index is 2.09. The quantitative estimate of drug-likeness (QED) is 0.804. The number of hydrogen-bond donors (Lipinski definition) is 2. The van der Waals surface area contributed by atoms with Gasteiger partial charge in [-0.1, -0.05) is 26.0 Å². The van der Waals surface area contributed by atoms with Crippen molar-refractivity contribution >= 4 is 11.9 Å². The molecule has 0 radical (unpaired) electrons. The van der Waals surface area contributed by atoms with Crippen LogP contribution in [0.25, 0.3) is 0 Å². The largest absolute Gasteiger partial charge is 0.479 e. The molecule has 1 amide bonds. The number of carboxylic acids is 1. The van der Waals surface area contributed by atoms with E-state index in [2.05, 4.69) is 5.32 Å². The molecule has 2 atom stereocenters. The number of carboxylic acid groups (broad SMARTS) is 1. The summed E-state index contributed by atoms with van der Waals surface area (Å²) in [6.45, 7) is 5.66. The van der Waals surface area contributed by atoms with E-state index in [4.69, 9.17) is 4.74 Å². The summed E-state index contributed by atoms with van der Waals surface area (Å²) in [5, 5.41) is 12.2. The maximum absolute atomic E-state index is 12.6. The maximum Gasteiger partial charge on any atom is 0.416 e. The summed E-state index contributed by atoms with van der Waals surface area (Å²) in [6.07, 6.45) is -4.81. The van der Waals surface area contributed by atoms with Crippen molar-refractivity contribution in [1.29, 1.82) is 0 Å². The molecule has 0 saturated heterocycles. The van der Waals surface area contributed by atoms with Crippen molar-refractivity contribution in [1.82, 2.24) is 5.32 Å². The van der Waals surface area contributed by atoms with Gasteiger partial charge in [-0.2, -0.15) is 13.2 Å². The number of halogens is 3. The van der Waals surface area contributed by atoms with E-state index in [0.717, 1.165) is 12.1 Å². The molecule has 0 heterocycles. The average Bonchev–Trinajstić information content (AvgIpc) is 2.53. The average molecular weight is 373 g/mol. The summed E-state index contributed by atoms with van der Waals surface area (Å²) in [6, 6.07) is 4.22. The van der Waals surface area contributed by atoms with E-state index in [-0.39, 0.29) is 18.9 Å². The van der Waals surface area contributed by atoms with Crippen LogP contribution >= 0.6 is 0 Å². The van der Waals surface area contributed by atoms with E-state index >= 15 is 0 Å². The number of hydrogen-bond acceptors (Lipinski definition) is 3. The van der Waals surface area contributed by atoms with Gasteiger partial charge in [-0.3, -0.25) is 4.79 Å². The first-order valence-electron chi connectivity index (χ1n) is 8.26. The van der Waals surface area contributed by atoms with Crippen LogP contribution in [0.4, 0.5) is 13.2 Å². The summed E-state index contributed by atoms with van der Waals surface area (Å²) < 4.78 is 43.2. The Bertz CT molecular complexity index is 685. The minimum Gasteiger partial charge on any atom is -0.479 e. The van der Waals surface area contributed by atoms with Gasteiger partial charge in [0.2, 0.25) is 5.91 Å². The second-order valence-corrected chi connectivity index (χ2v) is 7.00. The lowest BCUT2D eigenvalue weighted by molar-refractivity contribution is -0.194. The molecular formula is C18H22F3NO4. The van der Waals surface area contributed by atoms with E-state index in [1.807, 2.05) is 0 Å². The summed E-state index contributed by atoms with van der Waals surface area (Å²) >= 11 is 0. The molecule has 1 aliphatic rings. The topological polar surface area (TPSA) is 75.6 Å². The number of rotatable bonds is 6. The van der Waals surface area contributed by atoms with E-state index in [9.17, 15) is 27.9 Å². The number of carbonyl (C=O) groups excluding carboxylic acids is 1. The molecule has 0 aromatic heterocycles. The highest BCUT2D eigenvalue weighted by Gasteiger charge is 2.66. The van der Waals surface area contributed by atoms with Crippen LogP contribution in [0.1, 0.15) is 38.3 Å². The molecule has 2 rings (SSSR count). The zero-order chi connectivity index (χ0) is 19.8. The lowest BCUT2D eigenvalue weighted by atomic mass is 9.54. The van der Waals surface area contributed by atoms with Gasteiger partial charge in [-0.15, -0.1) is 0 Å². The second kappa shape index (κ2) is 6.90. The Kier molecular flexibility index (Phi) is 5.37. The number of amides is 1. The Morgan fingerprint density at radius 2 is 1.85 bits per heavy atom. The third-order valence-corrected chi connectivity index (χ3v) is 5.13. The fourth-order valence-corrected chi connectivity index (χ4v) is 3.32. The third-order valence-electron chi connectivity index (χ3n) is 5.13. The van der Waals surface area contributed by atoms with Crippen LogP contribution in [0.3, 0.4) is 0 Å². The molecule has 26 heavy (non-hydrogen) atoms. The molecular weight excluding hydrogens is 351 g/mol.